The predicted octanol–water partition coefficient (Wildman–Crippen LogP) is 5.24. The summed E-state index contributed by atoms with van der Waals surface area (Å²) in [4.78, 5) is 13.4. The molecule has 1 N–H and O–H groups in total. The lowest BCUT2D eigenvalue weighted by atomic mass is 9.49. The molecular formula is C26H34F3N3O2. The van der Waals surface area contributed by atoms with Crippen molar-refractivity contribution >= 4 is 5.78 Å². The van der Waals surface area contributed by atoms with Gasteiger partial charge in [-0.05, 0) is 93.3 Å². The first-order valence-corrected chi connectivity index (χ1v) is 12.7. The Morgan fingerprint density at radius 3 is 2.62 bits per heavy atom. The number of aromatic nitrogens is 2. The van der Waals surface area contributed by atoms with E-state index in [1.165, 1.54) is 0 Å². The molecule has 1 aromatic heterocycles. The van der Waals surface area contributed by atoms with E-state index >= 15 is 0 Å². The fraction of sp³-hybridized carbons (Fsp3) is 0.808. The van der Waals surface area contributed by atoms with Gasteiger partial charge in [0, 0.05) is 12.1 Å². The number of nitriles is 1. The molecule has 4 aliphatic rings. The van der Waals surface area contributed by atoms with Crippen LogP contribution in [0.4, 0.5) is 13.2 Å². The molecule has 0 radical (unpaired) electrons. The van der Waals surface area contributed by atoms with Gasteiger partial charge in [-0.15, -0.1) is 0 Å². The number of alkyl halides is 3. The van der Waals surface area contributed by atoms with Crippen molar-refractivity contribution in [2.45, 2.75) is 83.5 Å². The summed E-state index contributed by atoms with van der Waals surface area (Å²) in [5, 5.41) is 24.3. The van der Waals surface area contributed by atoms with E-state index < -0.39 is 29.2 Å². The molecule has 186 valence electrons. The van der Waals surface area contributed by atoms with Crippen LogP contribution in [0, 0.1) is 58.2 Å². The van der Waals surface area contributed by atoms with Crippen LogP contribution in [0.25, 0.3) is 0 Å². The largest absolute Gasteiger partial charge is 0.419 e. The zero-order chi connectivity index (χ0) is 24.5. The highest BCUT2D eigenvalue weighted by molar-refractivity contribution is 5.82. The van der Waals surface area contributed by atoms with Crippen molar-refractivity contribution in [2.75, 3.05) is 0 Å². The topological polar surface area (TPSA) is 78.9 Å². The van der Waals surface area contributed by atoms with Crippen molar-refractivity contribution in [1.82, 2.24) is 9.78 Å². The first kappa shape index (κ1) is 23.8. The van der Waals surface area contributed by atoms with Crippen molar-refractivity contribution in [1.29, 1.82) is 5.26 Å². The first-order chi connectivity index (χ1) is 15.9. The number of ketones is 1. The first-order valence-electron chi connectivity index (χ1n) is 12.7. The summed E-state index contributed by atoms with van der Waals surface area (Å²) in [5.74, 6) is 1.49. The lowest BCUT2D eigenvalue weighted by Crippen LogP contribution is -2.51. The zero-order valence-electron chi connectivity index (χ0n) is 19.9. The van der Waals surface area contributed by atoms with Gasteiger partial charge in [0.15, 0.2) is 5.78 Å². The average molecular weight is 478 g/mol. The molecule has 4 saturated carbocycles. The molecule has 0 amide bonds. The number of halogens is 3. The minimum atomic E-state index is -4.50. The van der Waals surface area contributed by atoms with E-state index in [0.29, 0.717) is 30.1 Å². The summed E-state index contributed by atoms with van der Waals surface area (Å²) >= 11 is 0. The number of Topliss-reactive ketones (excluding diaryl/α,β-unsaturated/α-hetero) is 1. The normalized spacial score (nSPS) is 44.0. The molecule has 0 bridgehead atoms. The summed E-state index contributed by atoms with van der Waals surface area (Å²) in [6.07, 6.45) is 4.67. The molecule has 1 heterocycles. The standard InChI is InChI=1S/C26H34F3N3O2/c1-24(34)7-5-18-15(10-24)3-4-20-19(18)6-8-25(2)21(20)9-16(11-30)23(25)22(33)14-32-13-17(12-31-32)26(27,28)29/h12-13,15-16,18-21,23,34H,3-10,14H2,1-2H3/t15?,16-,18-,19+,20?,21-,23+,24+,25-/m0/s1. The van der Waals surface area contributed by atoms with E-state index in [2.05, 4.69) is 18.1 Å². The monoisotopic (exact) mass is 477 g/mol. The van der Waals surface area contributed by atoms with Crippen LogP contribution in [0.1, 0.15) is 70.8 Å². The van der Waals surface area contributed by atoms with Gasteiger partial charge in [-0.3, -0.25) is 9.48 Å². The summed E-state index contributed by atoms with van der Waals surface area (Å²) in [7, 11) is 0. The Morgan fingerprint density at radius 2 is 1.94 bits per heavy atom. The minimum absolute atomic E-state index is 0.172. The number of hydrogen-bond acceptors (Lipinski definition) is 4. The maximum absolute atomic E-state index is 13.4. The van der Waals surface area contributed by atoms with Crippen molar-refractivity contribution in [3.63, 3.8) is 0 Å². The van der Waals surface area contributed by atoms with E-state index in [4.69, 9.17) is 0 Å². The van der Waals surface area contributed by atoms with Crippen LogP contribution in [0.3, 0.4) is 0 Å². The number of aliphatic hydroxyl groups is 1. The number of rotatable bonds is 3. The van der Waals surface area contributed by atoms with Gasteiger partial charge >= 0.3 is 6.18 Å². The lowest BCUT2D eigenvalue weighted by molar-refractivity contribution is -0.138. The molecular weight excluding hydrogens is 443 g/mol. The summed E-state index contributed by atoms with van der Waals surface area (Å²) in [6.45, 7) is 3.88. The fourth-order valence-electron chi connectivity index (χ4n) is 8.70. The zero-order valence-corrected chi connectivity index (χ0v) is 19.9. The number of carbonyl (C=O) groups is 1. The van der Waals surface area contributed by atoms with E-state index in [9.17, 15) is 28.3 Å². The molecule has 2 unspecified atom stereocenters. The van der Waals surface area contributed by atoms with Crippen molar-refractivity contribution in [3.8, 4) is 6.07 Å². The molecule has 1 aromatic rings. The molecule has 34 heavy (non-hydrogen) atoms. The van der Waals surface area contributed by atoms with E-state index in [0.717, 1.165) is 62.0 Å². The maximum Gasteiger partial charge on any atom is 0.419 e. The summed E-state index contributed by atoms with van der Waals surface area (Å²) in [5.41, 5.74) is -1.73. The second-order valence-electron chi connectivity index (χ2n) is 12.1. The van der Waals surface area contributed by atoms with Crippen LogP contribution in [0.15, 0.2) is 12.4 Å². The van der Waals surface area contributed by atoms with Crippen LogP contribution in [0.2, 0.25) is 0 Å². The molecule has 0 saturated heterocycles. The molecule has 0 spiro atoms. The Balaban J connectivity index is 1.35. The van der Waals surface area contributed by atoms with Gasteiger partial charge in [-0.25, -0.2) is 0 Å². The molecule has 5 nitrogen and oxygen atoms in total. The van der Waals surface area contributed by atoms with Gasteiger partial charge in [0.1, 0.15) is 0 Å². The summed E-state index contributed by atoms with van der Waals surface area (Å²) < 4.78 is 40.0. The van der Waals surface area contributed by atoms with Gasteiger partial charge in [-0.1, -0.05) is 6.92 Å². The molecule has 5 rings (SSSR count). The van der Waals surface area contributed by atoms with Gasteiger partial charge in [0.2, 0.25) is 0 Å². The molecule has 9 atom stereocenters. The predicted molar refractivity (Wildman–Crippen MR) is 118 cm³/mol. The fourth-order valence-corrected chi connectivity index (χ4v) is 8.70. The summed E-state index contributed by atoms with van der Waals surface area (Å²) in [6, 6.07) is 2.39. The van der Waals surface area contributed by atoms with Crippen LogP contribution in [-0.2, 0) is 17.5 Å². The average Bonchev–Trinajstić information content (AvgIpc) is 3.34. The SMILES string of the molecule is C[C@@]1(O)CC[C@H]2C(CCC3[C@@H]2CC[C@@]2(C)[C@H]3C[C@@H](C#N)[C@@H]2C(=O)Cn2cc(C(F)(F)F)cn2)C1. The smallest absolute Gasteiger partial charge is 0.390 e. The highest BCUT2D eigenvalue weighted by atomic mass is 19.4. The van der Waals surface area contributed by atoms with Crippen molar-refractivity contribution in [2.24, 2.45) is 46.8 Å². The second-order valence-corrected chi connectivity index (χ2v) is 12.1. The van der Waals surface area contributed by atoms with Gasteiger partial charge in [0.05, 0.1) is 35.9 Å². The Morgan fingerprint density at radius 1 is 1.21 bits per heavy atom. The molecule has 0 aliphatic heterocycles. The van der Waals surface area contributed by atoms with Gasteiger partial charge in [-0.2, -0.15) is 23.5 Å². The van der Waals surface area contributed by atoms with Gasteiger partial charge in [0.25, 0.3) is 0 Å². The minimum Gasteiger partial charge on any atom is -0.390 e. The van der Waals surface area contributed by atoms with E-state index in [1.807, 2.05) is 6.92 Å². The quantitative estimate of drug-likeness (QED) is 0.646. The number of fused-ring (bicyclic) bond motifs is 5. The third-order valence-corrected chi connectivity index (χ3v) is 10.1. The Kier molecular flexibility index (Phi) is 5.66. The van der Waals surface area contributed by atoms with Crippen LogP contribution < -0.4 is 0 Å². The number of hydrogen-bond donors (Lipinski definition) is 1. The third kappa shape index (κ3) is 3.88. The molecule has 8 heteroatoms. The molecule has 0 aromatic carbocycles. The van der Waals surface area contributed by atoms with Crippen LogP contribution >= 0.6 is 0 Å². The van der Waals surface area contributed by atoms with E-state index in [-0.39, 0.29) is 23.7 Å². The lowest BCUT2D eigenvalue weighted by Gasteiger charge is -2.56. The number of carbonyl (C=O) groups excluding carboxylic acids is 1. The Labute approximate surface area is 198 Å². The van der Waals surface area contributed by atoms with Crippen molar-refractivity contribution < 1.29 is 23.1 Å². The second kappa shape index (κ2) is 8.08. The van der Waals surface area contributed by atoms with Crippen molar-refractivity contribution in [3.05, 3.63) is 18.0 Å². The van der Waals surface area contributed by atoms with E-state index in [1.54, 1.807) is 0 Å². The number of nitrogens with zero attached hydrogens (tertiary/aromatic N) is 3. The molecule has 4 aliphatic carbocycles. The van der Waals surface area contributed by atoms with Crippen LogP contribution in [0.5, 0.6) is 0 Å². The Bertz CT molecular complexity index is 996. The van der Waals surface area contributed by atoms with Crippen LogP contribution in [-0.4, -0.2) is 26.3 Å². The highest BCUT2D eigenvalue weighted by Crippen LogP contribution is 2.66. The maximum atomic E-state index is 13.4. The highest BCUT2D eigenvalue weighted by Gasteiger charge is 2.62. The third-order valence-electron chi connectivity index (χ3n) is 10.1. The molecule has 4 fully saturated rings. The Hall–Kier alpha value is -1.88. The van der Waals surface area contributed by atoms with Gasteiger partial charge < -0.3 is 5.11 Å².